The summed E-state index contributed by atoms with van der Waals surface area (Å²) in [5.41, 5.74) is 19.2. The Morgan fingerprint density at radius 2 is 1.27 bits per heavy atom. The van der Waals surface area contributed by atoms with Crippen LogP contribution >= 0.6 is 36.2 Å². The molecule has 7 atom stereocenters. The second-order valence-electron chi connectivity index (χ2n) is 20.8. The van der Waals surface area contributed by atoms with Gasteiger partial charge in [-0.15, -0.1) is 0 Å². The molecule has 3 rings (SSSR count). The van der Waals surface area contributed by atoms with Crippen molar-refractivity contribution in [2.75, 3.05) is 32.1 Å². The topological polar surface area (TPSA) is 436 Å². The lowest BCUT2D eigenvalue weighted by Gasteiger charge is -2.26. The van der Waals surface area contributed by atoms with E-state index in [1.165, 1.54) is 31.2 Å². The number of nitrogens with zero attached hydrogens (tertiary/aromatic N) is 3. The summed E-state index contributed by atoms with van der Waals surface area (Å²) in [5, 5.41) is 36.2. The lowest BCUT2D eigenvalue weighted by molar-refractivity contribution is -0.135. The van der Waals surface area contributed by atoms with E-state index in [0.717, 1.165) is 10.9 Å². The number of nitrogens with one attached hydrogen (secondary N) is 14. The Bertz CT molecular complexity index is 2900. The Morgan fingerprint density at radius 1 is 0.663 bits per heavy atom. The summed E-state index contributed by atoms with van der Waals surface area (Å²) in [4.78, 5) is 144. The molecule has 29 nitrogen and oxygen atoms in total. The Morgan fingerprint density at radius 3 is 1.88 bits per heavy atom. The summed E-state index contributed by atoms with van der Waals surface area (Å²) in [7, 11) is 1.65. The van der Waals surface area contributed by atoms with Crippen molar-refractivity contribution in [3.8, 4) is 0 Å². The predicted octanol–water partition coefficient (Wildman–Crippen LogP) is -1.50. The van der Waals surface area contributed by atoms with Crippen LogP contribution in [0.2, 0.25) is 0 Å². The Hall–Kier alpha value is -8.26. The lowest BCUT2D eigenvalue weighted by Crippen LogP contribution is -2.59. The van der Waals surface area contributed by atoms with Crippen molar-refractivity contribution in [3.05, 3.63) is 54.2 Å². The van der Waals surface area contributed by atoms with E-state index in [1.807, 2.05) is 38.3 Å². The number of hydrogen-bond donors (Lipinski definition) is 16. The minimum Gasteiger partial charge on any atom is -0.370 e. The first-order chi connectivity index (χ1) is 40.7. The Labute approximate surface area is 514 Å². The molecular formula is C54H83N19O10S3. The molecule has 86 heavy (non-hydrogen) atoms. The van der Waals surface area contributed by atoms with Gasteiger partial charge < -0.3 is 74.6 Å². The molecule has 0 saturated heterocycles. The van der Waals surface area contributed by atoms with E-state index in [0.29, 0.717) is 33.5 Å². The highest BCUT2D eigenvalue weighted by Crippen LogP contribution is 2.20. The van der Waals surface area contributed by atoms with Crippen molar-refractivity contribution in [3.63, 3.8) is 0 Å². The van der Waals surface area contributed by atoms with E-state index < -0.39 is 114 Å². The molecule has 0 fully saturated rings. The fourth-order valence-electron chi connectivity index (χ4n) is 8.11. The zero-order valence-corrected chi connectivity index (χ0v) is 52.3. The molecule has 0 radical (unpaired) electrons. The fourth-order valence-corrected chi connectivity index (χ4v) is 8.78. The van der Waals surface area contributed by atoms with E-state index >= 15 is 0 Å². The van der Waals surface area contributed by atoms with E-state index in [9.17, 15) is 47.9 Å². The van der Waals surface area contributed by atoms with Crippen LogP contribution in [0.5, 0.6) is 0 Å². The average molecular weight is 1250 g/mol. The van der Waals surface area contributed by atoms with Crippen molar-refractivity contribution in [1.29, 1.82) is 0 Å². The van der Waals surface area contributed by atoms with Crippen LogP contribution in [0.25, 0.3) is 10.9 Å². The van der Waals surface area contributed by atoms with Crippen molar-refractivity contribution >= 4 is 128 Å². The van der Waals surface area contributed by atoms with Gasteiger partial charge in [-0.25, -0.2) is 4.98 Å². The van der Waals surface area contributed by atoms with E-state index in [4.69, 9.17) is 35.9 Å². The van der Waals surface area contributed by atoms with E-state index in [2.05, 4.69) is 89.2 Å². The third-order valence-electron chi connectivity index (χ3n) is 13.0. The molecule has 0 spiro atoms. The number of benzene rings is 1. The zero-order valence-electron chi connectivity index (χ0n) is 49.8. The number of carbonyl (C=O) groups is 10. The number of rotatable bonds is 36. The second-order valence-corrected chi connectivity index (χ2v) is 22.6. The zero-order chi connectivity index (χ0) is 64.0. The van der Waals surface area contributed by atoms with E-state index in [-0.39, 0.29) is 68.9 Å². The first-order valence-electron chi connectivity index (χ1n) is 27.8. The van der Waals surface area contributed by atoms with Crippen LogP contribution < -0.4 is 75.5 Å². The number of H-pyrrole nitrogens is 2. The number of nitrogens with two attached hydrogens (primary N) is 2. The summed E-state index contributed by atoms with van der Waals surface area (Å²) < 4.78 is 0. The number of hydrogen-bond acceptors (Lipinski definition) is 16. The van der Waals surface area contributed by atoms with Crippen LogP contribution in [0.3, 0.4) is 0 Å². The van der Waals surface area contributed by atoms with Crippen LogP contribution in [-0.2, 0) is 60.8 Å². The van der Waals surface area contributed by atoms with Gasteiger partial charge in [0.2, 0.25) is 59.1 Å². The van der Waals surface area contributed by atoms with Crippen molar-refractivity contribution in [1.82, 2.24) is 79.0 Å². The van der Waals surface area contributed by atoms with Crippen molar-refractivity contribution < 1.29 is 47.9 Å². The van der Waals surface area contributed by atoms with Gasteiger partial charge in [-0.05, 0) is 106 Å². The molecule has 18 N–H and O–H groups in total. The first kappa shape index (κ1) is 72.0. The van der Waals surface area contributed by atoms with Gasteiger partial charge >= 0.3 is 0 Å². The highest BCUT2D eigenvalue weighted by molar-refractivity contribution is 7.98. The molecule has 2 heterocycles. The number of thioether (sulfide) groups is 1. The van der Waals surface area contributed by atoms with Gasteiger partial charge in [-0.2, -0.15) is 22.0 Å². The van der Waals surface area contributed by atoms with Crippen LogP contribution in [-0.4, -0.2) is 170 Å². The Balaban J connectivity index is 1.71. The molecule has 472 valence electrons. The monoisotopic (exact) mass is 1250 g/mol. The van der Waals surface area contributed by atoms with Crippen molar-refractivity contribution in [2.24, 2.45) is 33.5 Å². The molecular weight excluding hydrogens is 1170 g/mol. The maximum atomic E-state index is 14.3. The molecule has 0 aliphatic rings. The molecule has 0 aliphatic heterocycles. The maximum absolute atomic E-state index is 14.3. The molecule has 7 unspecified atom stereocenters. The number of aromatic amines is 2. The van der Waals surface area contributed by atoms with Gasteiger partial charge in [0.15, 0.2) is 10.2 Å². The van der Waals surface area contributed by atoms with Gasteiger partial charge in [0.25, 0.3) is 0 Å². The number of primary amides is 2. The summed E-state index contributed by atoms with van der Waals surface area (Å²) in [6.07, 6.45) is 6.27. The largest absolute Gasteiger partial charge is 0.370 e. The Kier molecular flexibility index (Phi) is 31.2. The predicted molar refractivity (Wildman–Crippen MR) is 335 cm³/mol. The fraction of sp³-hybridized carbons (Fsp3) is 0.537. The number of amides is 10. The third kappa shape index (κ3) is 25.9. The molecule has 2 aromatic heterocycles. The molecule has 1 aromatic carbocycles. The molecule has 0 saturated carbocycles. The van der Waals surface area contributed by atoms with Crippen LogP contribution in [0.15, 0.2) is 53.2 Å². The number of para-hydroxylation sites is 1. The van der Waals surface area contributed by atoms with Crippen molar-refractivity contribution in [2.45, 2.75) is 142 Å². The summed E-state index contributed by atoms with van der Waals surface area (Å²) >= 11 is 11.8. The molecule has 3 aromatic rings. The number of imidazole rings is 1. The van der Waals surface area contributed by atoms with Crippen LogP contribution in [0.4, 0.5) is 0 Å². The van der Waals surface area contributed by atoms with Gasteiger partial charge in [0.1, 0.15) is 42.3 Å². The first-order valence-corrected chi connectivity index (χ1v) is 30.0. The summed E-state index contributed by atoms with van der Waals surface area (Å²) in [6, 6.07) is -1.39. The van der Waals surface area contributed by atoms with E-state index in [1.54, 1.807) is 47.0 Å². The molecule has 10 amide bonds. The minimum absolute atomic E-state index is 0.0787. The second kappa shape index (κ2) is 37.2. The third-order valence-corrected chi connectivity index (χ3v) is 14.2. The summed E-state index contributed by atoms with van der Waals surface area (Å²) in [6.45, 7) is 11.3. The van der Waals surface area contributed by atoms with Gasteiger partial charge in [-0.1, -0.05) is 45.9 Å². The summed E-state index contributed by atoms with van der Waals surface area (Å²) in [5.74, 6) is -7.53. The van der Waals surface area contributed by atoms with Gasteiger partial charge in [-0.3, -0.25) is 58.8 Å². The van der Waals surface area contributed by atoms with Gasteiger partial charge in [0.05, 0.1) is 24.3 Å². The highest BCUT2D eigenvalue weighted by Gasteiger charge is 2.34. The highest BCUT2D eigenvalue weighted by atomic mass is 32.2. The number of carbonyl (C=O) groups excluding carboxylic acids is 10. The molecule has 0 bridgehead atoms. The number of fused-ring (bicyclic) bond motifs is 1. The quantitative estimate of drug-likeness (QED) is 0.0136. The SMILES string of the molecule is CNC(=S)N/N=C(C)/C(C)=N/NC(=S)NCCCC(=O)NC(CCC(N)=O)C(=O)NC(Cc1c[nH]c2ccccc12)C(=O)NC(C)C(=O)NC(C(=O)NCC(=O)NC(Cc1cnc[nH]1)C(=O)NC(CC(C)C)C(=O)NC(CCSC)C(N)=O)C(C)C. The van der Waals surface area contributed by atoms with Crippen LogP contribution in [0.1, 0.15) is 98.2 Å². The lowest BCUT2D eigenvalue weighted by atomic mass is 10.0. The smallest absolute Gasteiger partial charge is 0.243 e. The molecule has 32 heteroatoms. The number of thiocarbonyl (C=S) groups is 2. The number of aromatic nitrogens is 3. The maximum Gasteiger partial charge on any atom is 0.243 e. The normalized spacial score (nSPS) is 13.9. The molecule has 0 aliphatic carbocycles. The standard InChI is InChI=1S/C54H83N19O10S3/c1-28(2)21-39(50(81)66-37(46(56)77)18-20-86-9)67-51(82)41(23-34-25-58-27-62-34)65-44(76)26-61-52(83)45(29(3)4)69-47(78)32(7)63-49(80)40(22-33-24-60-36-14-11-10-13-35(33)36)68-48(79)38(16-17-42(55)74)64-43(75)15-12-19-59-54(85)73-71-31(6)30(5)70-72-53(84)57-8/h10-11,13-14,24-25,27-29,32,37-41,45,60H,12,15-23,26H2,1-9H3,(H2,55,74)(H2,56,77)(H,58,62)(H,61,83)(H,63,80)(H,64,75)(H,65,76)(H,66,81)(H,67,82)(H,68,79)(H,69,78)(H2,57,72,84)(H2,59,73,85)/b70-30+,71-31+. The average Bonchev–Trinajstić information content (AvgIpc) is 2.92. The van der Waals surface area contributed by atoms with Crippen LogP contribution in [0, 0.1) is 11.8 Å². The van der Waals surface area contributed by atoms with Gasteiger partial charge in [0, 0.05) is 68.3 Å². The minimum atomic E-state index is -1.37. The number of hydrazone groups is 2.